The van der Waals surface area contributed by atoms with E-state index in [4.69, 9.17) is 0 Å². The van der Waals surface area contributed by atoms with Crippen LogP contribution in [0.1, 0.15) is 5.56 Å². The van der Waals surface area contributed by atoms with Crippen LogP contribution < -0.4 is 0 Å². The van der Waals surface area contributed by atoms with Gasteiger partial charge in [-0.05, 0) is 41.6 Å². The zero-order chi connectivity index (χ0) is 7.84. The zero-order valence-corrected chi connectivity index (χ0v) is 8.21. The Kier molecular flexibility index (Phi) is 1.60. The van der Waals surface area contributed by atoms with Crippen LogP contribution in [0.15, 0.2) is 18.2 Å². The van der Waals surface area contributed by atoms with Gasteiger partial charge >= 0.3 is 0 Å². The second kappa shape index (κ2) is 2.48. The summed E-state index contributed by atoms with van der Waals surface area (Å²) in [5.41, 5.74) is 2.32. The number of hydrogen-bond donors (Lipinski definition) is 1. The number of nitrogens with zero attached hydrogens (tertiary/aromatic N) is 1. The van der Waals surface area contributed by atoms with Crippen molar-refractivity contribution in [2.75, 3.05) is 0 Å². The fourth-order valence-electron chi connectivity index (χ4n) is 1.09. The van der Waals surface area contributed by atoms with E-state index < -0.39 is 0 Å². The summed E-state index contributed by atoms with van der Waals surface area (Å²) < 4.78 is 1.11. The Bertz CT molecular complexity index is 392. The van der Waals surface area contributed by atoms with Gasteiger partial charge in [-0.1, -0.05) is 11.6 Å². The van der Waals surface area contributed by atoms with E-state index in [1.807, 2.05) is 6.07 Å². The van der Waals surface area contributed by atoms with Crippen molar-refractivity contribution in [1.29, 1.82) is 0 Å². The molecule has 0 saturated heterocycles. The topological polar surface area (TPSA) is 28.7 Å². The van der Waals surface area contributed by atoms with Gasteiger partial charge in [0.25, 0.3) is 0 Å². The normalized spacial score (nSPS) is 10.7. The maximum atomic E-state index is 4.13. The van der Waals surface area contributed by atoms with E-state index in [1.54, 1.807) is 0 Å². The van der Waals surface area contributed by atoms with Gasteiger partial charge in [-0.25, -0.2) is 0 Å². The summed E-state index contributed by atoms with van der Waals surface area (Å²) in [7, 11) is 0. The van der Waals surface area contributed by atoms with Crippen molar-refractivity contribution in [3.63, 3.8) is 0 Å². The van der Waals surface area contributed by atoms with Crippen molar-refractivity contribution < 1.29 is 0 Å². The molecule has 0 spiro atoms. The first-order valence-corrected chi connectivity index (χ1v) is 4.45. The van der Waals surface area contributed by atoms with Gasteiger partial charge in [-0.3, -0.25) is 5.10 Å². The lowest BCUT2D eigenvalue weighted by molar-refractivity contribution is 1.09. The van der Waals surface area contributed by atoms with Gasteiger partial charge in [0.05, 0.1) is 5.52 Å². The molecule has 0 bridgehead atoms. The minimum absolute atomic E-state index is 1.04. The van der Waals surface area contributed by atoms with Crippen LogP contribution in [0.25, 0.3) is 10.9 Å². The molecular weight excluding hydrogens is 251 g/mol. The molecule has 0 fully saturated rings. The highest BCUT2D eigenvalue weighted by Crippen LogP contribution is 2.18. The molecule has 0 saturated carbocycles. The van der Waals surface area contributed by atoms with Crippen LogP contribution in [0.5, 0.6) is 0 Å². The van der Waals surface area contributed by atoms with E-state index in [9.17, 15) is 0 Å². The Labute approximate surface area is 78.1 Å². The van der Waals surface area contributed by atoms with Crippen LogP contribution in [-0.2, 0) is 0 Å². The number of rotatable bonds is 0. The lowest BCUT2D eigenvalue weighted by atomic mass is 10.2. The number of aromatic amines is 1. The molecule has 56 valence electrons. The lowest BCUT2D eigenvalue weighted by Gasteiger charge is -1.90. The van der Waals surface area contributed by atoms with Crippen LogP contribution in [-0.4, -0.2) is 10.2 Å². The molecular formula is C8H7IN2. The maximum absolute atomic E-state index is 4.13. The summed E-state index contributed by atoms with van der Waals surface area (Å²) >= 11 is 2.25. The highest BCUT2D eigenvalue weighted by atomic mass is 127. The standard InChI is InChI=1S/C8H7IN2/c1-5-2-3-7-6(4-5)8(9)11-10-7/h2-4H,1H3,(H,10,11). The number of halogens is 1. The molecule has 2 rings (SSSR count). The summed E-state index contributed by atoms with van der Waals surface area (Å²) in [6, 6.07) is 6.24. The predicted molar refractivity (Wildman–Crippen MR) is 53.5 cm³/mol. The van der Waals surface area contributed by atoms with E-state index in [1.165, 1.54) is 10.9 Å². The highest BCUT2D eigenvalue weighted by Gasteiger charge is 2.00. The summed E-state index contributed by atoms with van der Waals surface area (Å²) in [6.07, 6.45) is 0. The molecule has 0 atom stereocenters. The van der Waals surface area contributed by atoms with Crippen LogP contribution in [0.4, 0.5) is 0 Å². The number of benzene rings is 1. The Morgan fingerprint density at radius 3 is 3.09 bits per heavy atom. The van der Waals surface area contributed by atoms with E-state index in [2.05, 4.69) is 51.8 Å². The fourth-order valence-corrected chi connectivity index (χ4v) is 1.65. The highest BCUT2D eigenvalue weighted by molar-refractivity contribution is 14.1. The number of nitrogens with one attached hydrogen (secondary N) is 1. The van der Waals surface area contributed by atoms with Gasteiger partial charge in [-0.2, -0.15) is 5.10 Å². The smallest absolute Gasteiger partial charge is 0.104 e. The fraction of sp³-hybridized carbons (Fsp3) is 0.125. The largest absolute Gasteiger partial charge is 0.271 e. The Morgan fingerprint density at radius 1 is 1.45 bits per heavy atom. The van der Waals surface area contributed by atoms with Crippen LogP contribution in [0.3, 0.4) is 0 Å². The van der Waals surface area contributed by atoms with Crippen LogP contribution in [0, 0.1) is 10.6 Å². The third-order valence-electron chi connectivity index (χ3n) is 1.66. The minimum Gasteiger partial charge on any atom is -0.271 e. The molecule has 2 aromatic rings. The van der Waals surface area contributed by atoms with Gasteiger partial charge in [0.15, 0.2) is 0 Å². The molecule has 1 aromatic heterocycles. The van der Waals surface area contributed by atoms with E-state index in [0.717, 1.165) is 9.22 Å². The van der Waals surface area contributed by atoms with Crippen molar-refractivity contribution >= 4 is 33.5 Å². The summed E-state index contributed by atoms with van der Waals surface area (Å²) in [5.74, 6) is 0. The maximum Gasteiger partial charge on any atom is 0.104 e. The van der Waals surface area contributed by atoms with Crippen molar-refractivity contribution in [1.82, 2.24) is 10.2 Å². The Hall–Kier alpha value is -0.580. The second-order valence-corrected chi connectivity index (χ2v) is 3.64. The monoisotopic (exact) mass is 258 g/mol. The van der Waals surface area contributed by atoms with Gasteiger partial charge < -0.3 is 0 Å². The SMILES string of the molecule is Cc1ccc2n[nH]c(I)c2c1. The molecule has 0 aliphatic carbocycles. The number of H-pyrrole nitrogens is 1. The quantitative estimate of drug-likeness (QED) is 0.722. The molecule has 1 aromatic carbocycles. The summed E-state index contributed by atoms with van der Waals surface area (Å²) in [4.78, 5) is 0. The van der Waals surface area contributed by atoms with Crippen molar-refractivity contribution in [2.45, 2.75) is 6.92 Å². The molecule has 0 unspecified atom stereocenters. The van der Waals surface area contributed by atoms with Crippen LogP contribution in [0.2, 0.25) is 0 Å². The summed E-state index contributed by atoms with van der Waals surface area (Å²) in [6.45, 7) is 2.09. The Morgan fingerprint density at radius 2 is 2.27 bits per heavy atom. The van der Waals surface area contributed by atoms with Gasteiger partial charge in [0, 0.05) is 5.39 Å². The average Bonchev–Trinajstić information content (AvgIpc) is 2.33. The first-order chi connectivity index (χ1) is 5.27. The van der Waals surface area contributed by atoms with Crippen molar-refractivity contribution in [3.8, 4) is 0 Å². The van der Waals surface area contributed by atoms with Crippen molar-refractivity contribution in [2.24, 2.45) is 0 Å². The average molecular weight is 258 g/mol. The van der Waals surface area contributed by atoms with Gasteiger partial charge in [0.1, 0.15) is 3.70 Å². The number of aromatic nitrogens is 2. The number of hydrogen-bond acceptors (Lipinski definition) is 1. The predicted octanol–water partition coefficient (Wildman–Crippen LogP) is 2.48. The molecule has 2 nitrogen and oxygen atoms in total. The van der Waals surface area contributed by atoms with E-state index in [-0.39, 0.29) is 0 Å². The molecule has 0 amide bonds. The first kappa shape index (κ1) is 7.09. The Balaban J connectivity index is 2.87. The van der Waals surface area contributed by atoms with Crippen LogP contribution >= 0.6 is 22.6 Å². The van der Waals surface area contributed by atoms with E-state index in [0.29, 0.717) is 0 Å². The zero-order valence-electron chi connectivity index (χ0n) is 6.06. The minimum atomic E-state index is 1.04. The van der Waals surface area contributed by atoms with E-state index >= 15 is 0 Å². The number of fused-ring (bicyclic) bond motifs is 1. The van der Waals surface area contributed by atoms with Gasteiger partial charge in [0.2, 0.25) is 0 Å². The molecule has 1 heterocycles. The van der Waals surface area contributed by atoms with Gasteiger partial charge in [-0.15, -0.1) is 0 Å². The first-order valence-electron chi connectivity index (χ1n) is 3.37. The molecule has 11 heavy (non-hydrogen) atoms. The third kappa shape index (κ3) is 1.13. The second-order valence-electron chi connectivity index (χ2n) is 2.56. The number of aryl methyl sites for hydroxylation is 1. The lowest BCUT2D eigenvalue weighted by Crippen LogP contribution is -1.71. The molecule has 0 radical (unpaired) electrons. The van der Waals surface area contributed by atoms with Crippen molar-refractivity contribution in [3.05, 3.63) is 27.5 Å². The molecule has 0 aliphatic rings. The summed E-state index contributed by atoms with van der Waals surface area (Å²) in [5, 5.41) is 8.28. The molecule has 3 heteroatoms. The third-order valence-corrected chi connectivity index (χ3v) is 2.49. The molecule has 0 aliphatic heterocycles. The molecule has 1 N–H and O–H groups in total.